The Morgan fingerprint density at radius 2 is 2.06 bits per heavy atom. The fraction of sp³-hybridized carbons (Fsp3) is 1.00. The molecule has 1 N–H and O–H groups in total. The molecule has 18 heavy (non-hydrogen) atoms. The second kappa shape index (κ2) is 9.76. The molecule has 3 heteroatoms. The topological polar surface area (TPSA) is 30.5 Å². The summed E-state index contributed by atoms with van der Waals surface area (Å²) in [6.07, 6.45) is 9.18. The number of ether oxygens (including phenoxy) is 2. The fourth-order valence-electron chi connectivity index (χ4n) is 2.60. The normalized spacial score (nSPS) is 26.2. The van der Waals surface area contributed by atoms with Gasteiger partial charge in [0.25, 0.3) is 0 Å². The average molecular weight is 257 g/mol. The standard InChI is InChI=1S/C15H31NO2/c1-4-10-16-13(2)7-6-11-18-15-9-5-8-14(12-15)17-3/h13-16H,4-12H2,1-3H3. The van der Waals surface area contributed by atoms with Crippen LogP contribution in [0.5, 0.6) is 0 Å². The lowest BCUT2D eigenvalue weighted by atomic mass is 9.95. The predicted molar refractivity (Wildman–Crippen MR) is 76.0 cm³/mol. The molecule has 0 aromatic rings. The van der Waals surface area contributed by atoms with E-state index in [0.29, 0.717) is 18.2 Å². The summed E-state index contributed by atoms with van der Waals surface area (Å²) in [7, 11) is 1.81. The number of rotatable bonds is 9. The summed E-state index contributed by atoms with van der Waals surface area (Å²) in [6.45, 7) is 6.49. The molecule has 0 aromatic carbocycles. The highest BCUT2D eigenvalue weighted by atomic mass is 16.5. The van der Waals surface area contributed by atoms with E-state index in [-0.39, 0.29) is 0 Å². The van der Waals surface area contributed by atoms with Crippen LogP contribution in [0.15, 0.2) is 0 Å². The lowest BCUT2D eigenvalue weighted by Crippen LogP contribution is -2.29. The highest BCUT2D eigenvalue weighted by molar-refractivity contribution is 4.73. The molecule has 0 spiro atoms. The van der Waals surface area contributed by atoms with E-state index in [4.69, 9.17) is 9.47 Å². The van der Waals surface area contributed by atoms with E-state index < -0.39 is 0 Å². The molecule has 3 nitrogen and oxygen atoms in total. The minimum Gasteiger partial charge on any atom is -0.381 e. The third-order valence-corrected chi connectivity index (χ3v) is 3.79. The van der Waals surface area contributed by atoms with Gasteiger partial charge in [0.2, 0.25) is 0 Å². The summed E-state index contributed by atoms with van der Waals surface area (Å²) in [5, 5.41) is 3.51. The van der Waals surface area contributed by atoms with Crippen molar-refractivity contribution in [3.63, 3.8) is 0 Å². The van der Waals surface area contributed by atoms with Crippen molar-refractivity contribution in [1.82, 2.24) is 5.32 Å². The van der Waals surface area contributed by atoms with Gasteiger partial charge in [0, 0.05) is 19.8 Å². The number of hydrogen-bond acceptors (Lipinski definition) is 3. The minimum atomic E-state index is 0.425. The largest absolute Gasteiger partial charge is 0.381 e. The molecule has 0 heterocycles. The maximum Gasteiger partial charge on any atom is 0.0599 e. The highest BCUT2D eigenvalue weighted by Crippen LogP contribution is 2.23. The van der Waals surface area contributed by atoms with Crippen molar-refractivity contribution in [2.45, 2.75) is 77.0 Å². The monoisotopic (exact) mass is 257 g/mol. The zero-order valence-corrected chi connectivity index (χ0v) is 12.4. The Bertz CT molecular complexity index is 199. The smallest absolute Gasteiger partial charge is 0.0599 e. The Morgan fingerprint density at radius 3 is 2.78 bits per heavy atom. The lowest BCUT2D eigenvalue weighted by molar-refractivity contribution is -0.0305. The molecule has 0 radical (unpaired) electrons. The van der Waals surface area contributed by atoms with Gasteiger partial charge in [-0.05, 0) is 58.4 Å². The first-order valence-electron chi connectivity index (χ1n) is 7.64. The van der Waals surface area contributed by atoms with E-state index in [1.807, 2.05) is 7.11 Å². The van der Waals surface area contributed by atoms with Crippen LogP contribution in [0.3, 0.4) is 0 Å². The van der Waals surface area contributed by atoms with Crippen molar-refractivity contribution in [2.24, 2.45) is 0 Å². The average Bonchev–Trinajstić information content (AvgIpc) is 2.41. The number of hydrogen-bond donors (Lipinski definition) is 1. The molecule has 0 bridgehead atoms. The quantitative estimate of drug-likeness (QED) is 0.644. The van der Waals surface area contributed by atoms with Crippen molar-refractivity contribution in [3.8, 4) is 0 Å². The third-order valence-electron chi connectivity index (χ3n) is 3.79. The van der Waals surface area contributed by atoms with Crippen molar-refractivity contribution >= 4 is 0 Å². The SMILES string of the molecule is CCCNC(C)CCCOC1CCCC(OC)C1. The van der Waals surface area contributed by atoms with E-state index in [9.17, 15) is 0 Å². The molecule has 1 fully saturated rings. The number of methoxy groups -OCH3 is 1. The molecule has 0 saturated heterocycles. The second-order valence-corrected chi connectivity index (χ2v) is 5.51. The molecule has 1 rings (SSSR count). The number of nitrogens with one attached hydrogen (secondary N) is 1. The summed E-state index contributed by atoms with van der Waals surface area (Å²) in [5.74, 6) is 0. The first-order chi connectivity index (χ1) is 8.76. The second-order valence-electron chi connectivity index (χ2n) is 5.51. The van der Waals surface area contributed by atoms with Crippen molar-refractivity contribution in [2.75, 3.05) is 20.3 Å². The molecule has 1 aliphatic carbocycles. The fourth-order valence-corrected chi connectivity index (χ4v) is 2.60. The molecular formula is C15H31NO2. The summed E-state index contributed by atoms with van der Waals surface area (Å²) in [5.41, 5.74) is 0. The zero-order valence-electron chi connectivity index (χ0n) is 12.4. The van der Waals surface area contributed by atoms with Gasteiger partial charge in [0.15, 0.2) is 0 Å². The first kappa shape index (κ1) is 15.9. The van der Waals surface area contributed by atoms with Crippen LogP contribution in [-0.2, 0) is 9.47 Å². The van der Waals surface area contributed by atoms with Crippen LogP contribution in [0.1, 0.15) is 58.8 Å². The predicted octanol–water partition coefficient (Wildman–Crippen LogP) is 3.13. The summed E-state index contributed by atoms with van der Waals surface area (Å²) >= 11 is 0. The Labute approximate surface area is 113 Å². The first-order valence-corrected chi connectivity index (χ1v) is 7.64. The maximum atomic E-state index is 5.96. The van der Waals surface area contributed by atoms with Crippen LogP contribution in [-0.4, -0.2) is 38.5 Å². The van der Waals surface area contributed by atoms with Crippen LogP contribution >= 0.6 is 0 Å². The van der Waals surface area contributed by atoms with Crippen LogP contribution in [0, 0.1) is 0 Å². The molecule has 1 aliphatic rings. The van der Waals surface area contributed by atoms with Gasteiger partial charge in [-0.15, -0.1) is 0 Å². The third kappa shape index (κ3) is 6.72. The van der Waals surface area contributed by atoms with E-state index >= 15 is 0 Å². The maximum absolute atomic E-state index is 5.96. The van der Waals surface area contributed by atoms with Crippen LogP contribution in [0.25, 0.3) is 0 Å². The Hall–Kier alpha value is -0.120. The Balaban J connectivity index is 2.00. The Kier molecular flexibility index (Phi) is 8.64. The van der Waals surface area contributed by atoms with Gasteiger partial charge in [-0.3, -0.25) is 0 Å². The van der Waals surface area contributed by atoms with Crippen molar-refractivity contribution in [3.05, 3.63) is 0 Å². The van der Waals surface area contributed by atoms with E-state index in [0.717, 1.165) is 26.0 Å². The van der Waals surface area contributed by atoms with E-state index in [1.165, 1.54) is 32.1 Å². The molecule has 1 saturated carbocycles. The zero-order chi connectivity index (χ0) is 13.2. The van der Waals surface area contributed by atoms with Gasteiger partial charge in [-0.25, -0.2) is 0 Å². The van der Waals surface area contributed by atoms with Crippen LogP contribution in [0.2, 0.25) is 0 Å². The van der Waals surface area contributed by atoms with E-state index in [1.54, 1.807) is 0 Å². The summed E-state index contributed by atoms with van der Waals surface area (Å²) in [6, 6.07) is 0.617. The molecule has 0 aliphatic heterocycles. The van der Waals surface area contributed by atoms with Gasteiger partial charge in [-0.1, -0.05) is 6.92 Å². The molecular weight excluding hydrogens is 226 g/mol. The molecule has 0 aromatic heterocycles. The van der Waals surface area contributed by atoms with Gasteiger partial charge < -0.3 is 14.8 Å². The summed E-state index contributed by atoms with van der Waals surface area (Å²) in [4.78, 5) is 0. The minimum absolute atomic E-state index is 0.425. The van der Waals surface area contributed by atoms with Gasteiger partial charge in [-0.2, -0.15) is 0 Å². The summed E-state index contributed by atoms with van der Waals surface area (Å²) < 4.78 is 11.4. The van der Waals surface area contributed by atoms with Gasteiger partial charge >= 0.3 is 0 Å². The van der Waals surface area contributed by atoms with Crippen molar-refractivity contribution < 1.29 is 9.47 Å². The van der Waals surface area contributed by atoms with Gasteiger partial charge in [0.05, 0.1) is 12.2 Å². The van der Waals surface area contributed by atoms with E-state index in [2.05, 4.69) is 19.2 Å². The molecule has 3 atom stereocenters. The van der Waals surface area contributed by atoms with Gasteiger partial charge in [0.1, 0.15) is 0 Å². The van der Waals surface area contributed by atoms with Crippen molar-refractivity contribution in [1.29, 1.82) is 0 Å². The molecule has 108 valence electrons. The lowest BCUT2D eigenvalue weighted by Gasteiger charge is -2.28. The van der Waals surface area contributed by atoms with Crippen LogP contribution in [0.4, 0.5) is 0 Å². The van der Waals surface area contributed by atoms with Crippen LogP contribution < -0.4 is 5.32 Å². The Morgan fingerprint density at radius 1 is 1.28 bits per heavy atom. The molecule has 3 unspecified atom stereocenters. The highest BCUT2D eigenvalue weighted by Gasteiger charge is 2.21. The molecule has 0 amide bonds.